The maximum atomic E-state index is 12.1. The van der Waals surface area contributed by atoms with Crippen molar-refractivity contribution in [2.45, 2.75) is 6.10 Å². The molecule has 8 nitrogen and oxygen atoms in total. The predicted octanol–water partition coefficient (Wildman–Crippen LogP) is 0.670. The number of amides is 1. The molecule has 0 saturated carbocycles. The minimum atomic E-state index is -0.633. The van der Waals surface area contributed by atoms with Gasteiger partial charge in [-0.3, -0.25) is 4.79 Å². The molecule has 0 radical (unpaired) electrons. The molecule has 21 heavy (non-hydrogen) atoms. The highest BCUT2D eigenvalue weighted by atomic mass is 35.5. The lowest BCUT2D eigenvalue weighted by atomic mass is 10.2. The second-order valence-electron chi connectivity index (χ2n) is 4.34. The van der Waals surface area contributed by atoms with Gasteiger partial charge in [0.05, 0.1) is 36.2 Å². The molecule has 0 aliphatic carbocycles. The van der Waals surface area contributed by atoms with Gasteiger partial charge in [-0.1, -0.05) is 11.6 Å². The van der Waals surface area contributed by atoms with E-state index in [4.69, 9.17) is 21.1 Å². The van der Waals surface area contributed by atoms with Crippen LogP contribution in [-0.4, -0.2) is 52.0 Å². The van der Waals surface area contributed by atoms with Gasteiger partial charge >= 0.3 is 0 Å². The van der Waals surface area contributed by atoms with Gasteiger partial charge in [-0.15, -0.1) is 5.10 Å². The molecule has 1 aromatic heterocycles. The SMILES string of the molecule is O=C(Nc1cc(-n2cnnn2)ccc1Cl)[C@@H]1COCCO1. The first-order valence-electron chi connectivity index (χ1n) is 6.27. The summed E-state index contributed by atoms with van der Waals surface area (Å²) in [6.45, 7) is 1.13. The van der Waals surface area contributed by atoms with Crippen LogP contribution < -0.4 is 5.32 Å². The van der Waals surface area contributed by atoms with Crippen LogP contribution in [0.1, 0.15) is 0 Å². The lowest BCUT2D eigenvalue weighted by molar-refractivity contribution is -0.142. The summed E-state index contributed by atoms with van der Waals surface area (Å²) >= 11 is 6.09. The van der Waals surface area contributed by atoms with E-state index in [1.54, 1.807) is 18.2 Å². The normalized spacial score (nSPS) is 18.4. The number of halogens is 1. The highest BCUT2D eigenvalue weighted by Crippen LogP contribution is 2.24. The van der Waals surface area contributed by atoms with E-state index in [2.05, 4.69) is 20.8 Å². The molecule has 3 rings (SSSR count). The fraction of sp³-hybridized carbons (Fsp3) is 0.333. The summed E-state index contributed by atoms with van der Waals surface area (Å²) in [6.07, 6.45) is 0.818. The first kappa shape index (κ1) is 13.9. The molecule has 1 amide bonds. The third-order valence-electron chi connectivity index (χ3n) is 2.93. The zero-order valence-electron chi connectivity index (χ0n) is 10.9. The van der Waals surface area contributed by atoms with Crippen LogP contribution in [0.25, 0.3) is 5.69 Å². The first-order valence-corrected chi connectivity index (χ1v) is 6.65. The minimum Gasteiger partial charge on any atom is -0.376 e. The zero-order chi connectivity index (χ0) is 14.7. The number of benzene rings is 1. The zero-order valence-corrected chi connectivity index (χ0v) is 11.7. The summed E-state index contributed by atoms with van der Waals surface area (Å²) < 4.78 is 12.0. The summed E-state index contributed by atoms with van der Waals surface area (Å²) in [6, 6.07) is 5.08. The number of carbonyl (C=O) groups is 1. The van der Waals surface area contributed by atoms with Crippen LogP contribution in [0.15, 0.2) is 24.5 Å². The largest absolute Gasteiger partial charge is 0.376 e. The van der Waals surface area contributed by atoms with Crippen molar-refractivity contribution in [3.63, 3.8) is 0 Å². The third kappa shape index (κ3) is 3.18. The van der Waals surface area contributed by atoms with Gasteiger partial charge in [0.2, 0.25) is 0 Å². The van der Waals surface area contributed by atoms with Crippen molar-refractivity contribution < 1.29 is 14.3 Å². The van der Waals surface area contributed by atoms with Crippen LogP contribution in [0, 0.1) is 0 Å². The quantitative estimate of drug-likeness (QED) is 0.896. The summed E-state index contributed by atoms with van der Waals surface area (Å²) in [4.78, 5) is 12.1. The Morgan fingerprint density at radius 3 is 3.05 bits per heavy atom. The summed E-state index contributed by atoms with van der Waals surface area (Å²) in [5.41, 5.74) is 1.14. The Labute approximate surface area is 125 Å². The van der Waals surface area contributed by atoms with Crippen molar-refractivity contribution in [2.75, 3.05) is 25.1 Å². The Morgan fingerprint density at radius 2 is 2.33 bits per heavy atom. The number of rotatable bonds is 3. The lowest BCUT2D eigenvalue weighted by Gasteiger charge is -2.22. The topological polar surface area (TPSA) is 91.2 Å². The van der Waals surface area contributed by atoms with Crippen molar-refractivity contribution in [1.82, 2.24) is 20.2 Å². The molecule has 1 aliphatic rings. The van der Waals surface area contributed by atoms with Crippen molar-refractivity contribution in [1.29, 1.82) is 0 Å². The number of aromatic nitrogens is 4. The average molecular weight is 310 g/mol. The molecule has 1 aliphatic heterocycles. The minimum absolute atomic E-state index is 0.232. The molecule has 1 N–H and O–H groups in total. The number of nitrogens with one attached hydrogen (secondary N) is 1. The van der Waals surface area contributed by atoms with Gasteiger partial charge in [-0.05, 0) is 28.6 Å². The van der Waals surface area contributed by atoms with Crippen LogP contribution in [0.2, 0.25) is 5.02 Å². The van der Waals surface area contributed by atoms with Gasteiger partial charge in [0.25, 0.3) is 5.91 Å². The summed E-state index contributed by atoms with van der Waals surface area (Å²) in [7, 11) is 0. The summed E-state index contributed by atoms with van der Waals surface area (Å²) in [5, 5.41) is 14.0. The maximum absolute atomic E-state index is 12.1. The van der Waals surface area contributed by atoms with Gasteiger partial charge in [0, 0.05) is 0 Å². The van der Waals surface area contributed by atoms with Gasteiger partial charge in [0.1, 0.15) is 6.33 Å². The molecule has 2 aromatic rings. The number of nitrogens with zero attached hydrogens (tertiary/aromatic N) is 4. The second kappa shape index (κ2) is 6.17. The Bertz CT molecular complexity index is 628. The summed E-state index contributed by atoms with van der Waals surface area (Å²) in [5.74, 6) is -0.300. The molecule has 9 heteroatoms. The number of hydrogen-bond acceptors (Lipinski definition) is 6. The standard InChI is InChI=1S/C12H12ClN5O3/c13-9-2-1-8(18-7-14-16-17-18)5-10(9)15-12(19)11-6-20-3-4-21-11/h1-2,5,7,11H,3-4,6H2,(H,15,19)/t11-/m0/s1. The molecule has 2 heterocycles. The molecular weight excluding hydrogens is 298 g/mol. The number of anilines is 1. The first-order chi connectivity index (χ1) is 10.2. The smallest absolute Gasteiger partial charge is 0.255 e. The molecule has 1 saturated heterocycles. The Hall–Kier alpha value is -2.03. The van der Waals surface area contributed by atoms with Crippen molar-refractivity contribution in [2.24, 2.45) is 0 Å². The Balaban J connectivity index is 1.78. The molecule has 1 fully saturated rings. The number of tetrazole rings is 1. The average Bonchev–Trinajstić information content (AvgIpc) is 3.04. The van der Waals surface area contributed by atoms with Crippen LogP contribution in [0.5, 0.6) is 0 Å². The highest BCUT2D eigenvalue weighted by molar-refractivity contribution is 6.33. The van der Waals surface area contributed by atoms with Gasteiger partial charge in [-0.2, -0.15) is 0 Å². The molecule has 0 spiro atoms. The van der Waals surface area contributed by atoms with Crippen molar-refractivity contribution in [3.8, 4) is 5.69 Å². The Morgan fingerprint density at radius 1 is 1.43 bits per heavy atom. The monoisotopic (exact) mass is 309 g/mol. The fourth-order valence-electron chi connectivity index (χ4n) is 1.88. The molecule has 110 valence electrons. The van der Waals surface area contributed by atoms with E-state index < -0.39 is 6.10 Å². The lowest BCUT2D eigenvalue weighted by Crippen LogP contribution is -2.39. The van der Waals surface area contributed by atoms with E-state index in [1.165, 1.54) is 11.0 Å². The van der Waals surface area contributed by atoms with E-state index in [1.807, 2.05) is 0 Å². The third-order valence-corrected chi connectivity index (χ3v) is 3.26. The van der Waals surface area contributed by atoms with E-state index >= 15 is 0 Å². The fourth-order valence-corrected chi connectivity index (χ4v) is 2.05. The van der Waals surface area contributed by atoms with Crippen molar-refractivity contribution in [3.05, 3.63) is 29.5 Å². The van der Waals surface area contributed by atoms with Crippen LogP contribution in [0.4, 0.5) is 5.69 Å². The molecule has 0 unspecified atom stereocenters. The van der Waals surface area contributed by atoms with E-state index in [0.29, 0.717) is 29.6 Å². The van der Waals surface area contributed by atoms with Gasteiger partial charge < -0.3 is 14.8 Å². The number of carbonyl (C=O) groups excluding carboxylic acids is 1. The highest BCUT2D eigenvalue weighted by Gasteiger charge is 2.23. The van der Waals surface area contributed by atoms with E-state index in [9.17, 15) is 4.79 Å². The van der Waals surface area contributed by atoms with Gasteiger partial charge in [0.15, 0.2) is 6.10 Å². The van der Waals surface area contributed by atoms with E-state index in [0.717, 1.165) is 0 Å². The molecule has 0 bridgehead atoms. The molecule has 1 aromatic carbocycles. The molecular formula is C12H12ClN5O3. The van der Waals surface area contributed by atoms with Crippen LogP contribution in [0.3, 0.4) is 0 Å². The molecule has 1 atom stereocenters. The Kier molecular flexibility index (Phi) is 4.09. The van der Waals surface area contributed by atoms with Crippen LogP contribution >= 0.6 is 11.6 Å². The van der Waals surface area contributed by atoms with E-state index in [-0.39, 0.29) is 12.5 Å². The maximum Gasteiger partial charge on any atom is 0.255 e. The predicted molar refractivity (Wildman–Crippen MR) is 73.4 cm³/mol. The van der Waals surface area contributed by atoms with Crippen molar-refractivity contribution >= 4 is 23.2 Å². The second-order valence-corrected chi connectivity index (χ2v) is 4.75. The number of ether oxygens (including phenoxy) is 2. The van der Waals surface area contributed by atoms with Gasteiger partial charge in [-0.25, -0.2) is 4.68 Å². The van der Waals surface area contributed by atoms with Crippen LogP contribution in [-0.2, 0) is 14.3 Å². The number of hydrogen-bond donors (Lipinski definition) is 1.